The van der Waals surface area contributed by atoms with E-state index in [4.69, 9.17) is 15.3 Å². The van der Waals surface area contributed by atoms with E-state index in [9.17, 15) is 34.8 Å². The average molecular weight is 310 g/mol. The molecular formula is C10H14O11. The average Bonchev–Trinajstić information content (AvgIpc) is 2.46. The molecule has 6 atom stereocenters. The predicted molar refractivity (Wildman–Crippen MR) is 58.6 cm³/mol. The van der Waals surface area contributed by atoms with E-state index in [1.807, 2.05) is 0 Å². The number of Topliss-reactive ketones (excluding diaryl/α,β-unsaturated/α-hetero) is 1. The van der Waals surface area contributed by atoms with Gasteiger partial charge in [0.05, 0.1) is 6.61 Å². The molecule has 11 nitrogen and oxygen atoms in total. The number of aliphatic hydroxyl groups is 6. The van der Waals surface area contributed by atoms with Crippen molar-refractivity contribution in [1.29, 1.82) is 0 Å². The van der Waals surface area contributed by atoms with Crippen LogP contribution >= 0.6 is 0 Å². The van der Waals surface area contributed by atoms with Crippen molar-refractivity contribution < 1.29 is 54.9 Å². The number of ether oxygens (including phenoxy) is 1. The van der Waals surface area contributed by atoms with Gasteiger partial charge >= 0.3 is 11.9 Å². The molecule has 0 aromatic heterocycles. The molecule has 0 bridgehead atoms. The fraction of sp³-hybridized carbons (Fsp3) is 0.700. The molecule has 0 aliphatic carbocycles. The summed E-state index contributed by atoms with van der Waals surface area (Å²) in [5.41, 5.74) is -3.43. The summed E-state index contributed by atoms with van der Waals surface area (Å²) in [7, 11) is 0. The first-order chi connectivity index (χ1) is 9.61. The largest absolute Gasteiger partial charge is 0.478 e. The quantitative estimate of drug-likeness (QED) is 0.189. The lowest BCUT2D eigenvalue weighted by atomic mass is 9.81. The van der Waals surface area contributed by atoms with E-state index in [1.165, 1.54) is 0 Å². The zero-order valence-corrected chi connectivity index (χ0v) is 10.4. The minimum absolute atomic E-state index is 1.10. The molecule has 1 fully saturated rings. The van der Waals surface area contributed by atoms with Crippen LogP contribution in [-0.4, -0.2) is 96.2 Å². The van der Waals surface area contributed by atoms with Gasteiger partial charge in [-0.3, -0.25) is 4.79 Å². The molecule has 11 heteroatoms. The molecule has 120 valence electrons. The van der Waals surface area contributed by atoms with E-state index < -0.39 is 60.4 Å². The smallest absolute Gasteiger partial charge is 0.359 e. The van der Waals surface area contributed by atoms with Crippen LogP contribution in [0.2, 0.25) is 0 Å². The highest BCUT2D eigenvalue weighted by atomic mass is 16.6. The summed E-state index contributed by atoms with van der Waals surface area (Å²) in [5, 5.41) is 64.6. The molecule has 0 amide bonds. The second kappa shape index (κ2) is 6.01. The summed E-state index contributed by atoms with van der Waals surface area (Å²) in [5.74, 6) is -5.74. The maximum atomic E-state index is 11.8. The number of hydrogen-bond acceptors (Lipinski definition) is 10. The Labute approximate surface area is 116 Å². The van der Waals surface area contributed by atoms with Crippen LogP contribution in [0.25, 0.3) is 0 Å². The van der Waals surface area contributed by atoms with Crippen LogP contribution in [0.4, 0.5) is 0 Å². The highest BCUT2D eigenvalue weighted by molar-refractivity contribution is 6.14. The number of hydrogen-bond donors (Lipinski definition) is 7. The Kier molecular flexibility index (Phi) is 4.99. The Morgan fingerprint density at radius 2 is 1.71 bits per heavy atom. The molecule has 0 radical (unpaired) electrons. The zero-order chi connectivity index (χ0) is 16.5. The number of ketones is 1. The maximum Gasteiger partial charge on any atom is 0.359 e. The van der Waals surface area contributed by atoms with Gasteiger partial charge in [-0.05, 0) is 0 Å². The molecule has 7 N–H and O–H groups in total. The lowest BCUT2D eigenvalue weighted by molar-refractivity contribution is -0.228. The number of esters is 1. The van der Waals surface area contributed by atoms with Crippen LogP contribution in [0.5, 0.6) is 0 Å². The van der Waals surface area contributed by atoms with Crippen LogP contribution in [0.3, 0.4) is 0 Å². The number of aliphatic carboxylic acids is 1. The highest BCUT2D eigenvalue weighted by Gasteiger charge is 2.65. The molecule has 0 aromatic rings. The normalized spacial score (nSPS) is 34.0. The third-order valence-corrected chi connectivity index (χ3v) is 3.08. The van der Waals surface area contributed by atoms with Gasteiger partial charge in [0.2, 0.25) is 5.78 Å². The lowest BCUT2D eigenvalue weighted by Crippen LogP contribution is -2.71. The molecular weight excluding hydrogens is 296 g/mol. The molecule has 21 heavy (non-hydrogen) atoms. The van der Waals surface area contributed by atoms with Crippen molar-refractivity contribution >= 4 is 17.7 Å². The lowest BCUT2D eigenvalue weighted by Gasteiger charge is -2.40. The van der Waals surface area contributed by atoms with Crippen molar-refractivity contribution in [2.24, 2.45) is 0 Å². The number of aliphatic hydroxyl groups excluding tert-OH is 6. The van der Waals surface area contributed by atoms with Crippen molar-refractivity contribution in [2.75, 3.05) is 6.61 Å². The van der Waals surface area contributed by atoms with Gasteiger partial charge in [0.25, 0.3) is 5.60 Å². The van der Waals surface area contributed by atoms with Crippen LogP contribution in [0, 0.1) is 0 Å². The molecule has 1 aliphatic heterocycles. The fourth-order valence-corrected chi connectivity index (χ4v) is 1.80. The van der Waals surface area contributed by atoms with E-state index >= 15 is 0 Å². The second-order valence-electron chi connectivity index (χ2n) is 4.40. The number of rotatable bonds is 5. The van der Waals surface area contributed by atoms with E-state index in [0.717, 1.165) is 0 Å². The van der Waals surface area contributed by atoms with Crippen molar-refractivity contribution in [3.63, 3.8) is 0 Å². The van der Waals surface area contributed by atoms with Gasteiger partial charge in [0.1, 0.15) is 18.3 Å². The van der Waals surface area contributed by atoms with E-state index in [1.54, 1.807) is 0 Å². The van der Waals surface area contributed by atoms with Gasteiger partial charge in [-0.1, -0.05) is 0 Å². The van der Waals surface area contributed by atoms with Crippen molar-refractivity contribution in [2.45, 2.75) is 36.1 Å². The van der Waals surface area contributed by atoms with Crippen LogP contribution in [0.1, 0.15) is 0 Å². The molecule has 1 aliphatic rings. The summed E-state index contributed by atoms with van der Waals surface area (Å²) in [6.45, 7) is -1.10. The fourth-order valence-electron chi connectivity index (χ4n) is 1.80. The summed E-state index contributed by atoms with van der Waals surface area (Å²) in [6, 6.07) is 0. The van der Waals surface area contributed by atoms with Gasteiger partial charge < -0.3 is 40.5 Å². The first-order valence-electron chi connectivity index (χ1n) is 5.63. The maximum absolute atomic E-state index is 11.8. The first kappa shape index (κ1) is 17.4. The molecule has 0 spiro atoms. The topological polar surface area (TPSA) is 202 Å². The molecule has 0 aromatic carbocycles. The Balaban J connectivity index is 3.29. The van der Waals surface area contributed by atoms with E-state index in [-0.39, 0.29) is 0 Å². The summed E-state index contributed by atoms with van der Waals surface area (Å²) in [6.07, 6.45) is -12.0. The Morgan fingerprint density at radius 3 is 2.14 bits per heavy atom. The van der Waals surface area contributed by atoms with E-state index in [2.05, 4.69) is 4.74 Å². The Morgan fingerprint density at radius 1 is 1.19 bits per heavy atom. The first-order valence-corrected chi connectivity index (χ1v) is 5.63. The van der Waals surface area contributed by atoms with Gasteiger partial charge in [-0.2, -0.15) is 0 Å². The minimum Gasteiger partial charge on any atom is -0.478 e. The van der Waals surface area contributed by atoms with Crippen molar-refractivity contribution in [3.05, 3.63) is 0 Å². The monoisotopic (exact) mass is 310 g/mol. The van der Waals surface area contributed by atoms with Crippen molar-refractivity contribution in [3.8, 4) is 0 Å². The standard InChI is InChI=1S/C10H14O11/c11-1-2(12)3(13)6(16)10(9(19)20)7(17)4(14)5(15)8(18)21-10/h2-6,11-16H,1H2,(H,19,20)/t2-,3-,4?,5?,6+,10+/m1/s1. The molecule has 2 unspecified atom stereocenters. The molecule has 1 heterocycles. The second-order valence-corrected chi connectivity index (χ2v) is 4.40. The third-order valence-electron chi connectivity index (χ3n) is 3.08. The number of cyclic esters (lactones) is 1. The Bertz CT molecular complexity index is 448. The van der Waals surface area contributed by atoms with Gasteiger partial charge in [0.15, 0.2) is 12.2 Å². The Hall–Kier alpha value is -1.63. The molecule has 1 rings (SSSR count). The predicted octanol–water partition coefficient (Wildman–Crippen LogP) is -5.27. The number of carbonyl (C=O) groups is 3. The van der Waals surface area contributed by atoms with Crippen molar-refractivity contribution in [1.82, 2.24) is 0 Å². The van der Waals surface area contributed by atoms with Crippen LogP contribution in [-0.2, 0) is 19.1 Å². The van der Waals surface area contributed by atoms with Gasteiger partial charge in [-0.25, -0.2) is 9.59 Å². The van der Waals surface area contributed by atoms with Crippen LogP contribution in [0.15, 0.2) is 0 Å². The number of carboxylic acid groups (broad SMARTS) is 1. The SMILES string of the molecule is O=C1O[C@@](C(=O)O)([C@@H](O)[C@H](O)[C@H](O)CO)C(=O)C(O)C1O. The van der Waals surface area contributed by atoms with E-state index in [0.29, 0.717) is 0 Å². The number of carbonyl (C=O) groups excluding carboxylic acids is 2. The summed E-state index contributed by atoms with van der Waals surface area (Å²) in [4.78, 5) is 34.3. The van der Waals surface area contributed by atoms with Gasteiger partial charge in [-0.15, -0.1) is 0 Å². The highest BCUT2D eigenvalue weighted by Crippen LogP contribution is 2.29. The minimum atomic E-state index is -3.43. The van der Waals surface area contributed by atoms with Crippen LogP contribution < -0.4 is 0 Å². The number of carboxylic acids is 1. The summed E-state index contributed by atoms with van der Waals surface area (Å²) < 4.78 is 4.21. The zero-order valence-electron chi connectivity index (χ0n) is 10.4. The third kappa shape index (κ3) is 2.62. The summed E-state index contributed by atoms with van der Waals surface area (Å²) >= 11 is 0. The van der Waals surface area contributed by atoms with Gasteiger partial charge in [0, 0.05) is 0 Å². The molecule has 1 saturated heterocycles. The molecule has 0 saturated carbocycles.